The van der Waals surface area contributed by atoms with Crippen molar-refractivity contribution in [3.05, 3.63) is 83.6 Å². The Hall–Kier alpha value is -3.74. The summed E-state index contributed by atoms with van der Waals surface area (Å²) in [6.45, 7) is 2.92. The van der Waals surface area contributed by atoms with Crippen molar-refractivity contribution in [3.63, 3.8) is 0 Å². The minimum absolute atomic E-state index is 0.237. The lowest BCUT2D eigenvalue weighted by molar-refractivity contribution is 0.0945. The number of anilines is 1. The zero-order chi connectivity index (χ0) is 20.1. The van der Waals surface area contributed by atoms with Crippen molar-refractivity contribution in [2.45, 2.75) is 19.9 Å². The first kappa shape index (κ1) is 18.6. The van der Waals surface area contributed by atoms with Crippen LogP contribution in [0, 0.1) is 6.92 Å². The van der Waals surface area contributed by atoms with Crippen LogP contribution in [0.5, 0.6) is 0 Å². The van der Waals surface area contributed by atoms with E-state index in [4.69, 9.17) is 0 Å². The van der Waals surface area contributed by atoms with Gasteiger partial charge in [0.1, 0.15) is 5.69 Å². The lowest BCUT2D eigenvalue weighted by atomic mass is 10.1. The van der Waals surface area contributed by atoms with Crippen LogP contribution in [0.2, 0.25) is 0 Å². The summed E-state index contributed by atoms with van der Waals surface area (Å²) in [7, 11) is 0. The molecule has 0 unspecified atom stereocenters. The van der Waals surface area contributed by atoms with Crippen LogP contribution in [0.25, 0.3) is 10.9 Å². The molecule has 0 aliphatic rings. The van der Waals surface area contributed by atoms with E-state index in [-0.39, 0.29) is 5.91 Å². The summed E-state index contributed by atoms with van der Waals surface area (Å²) in [4.78, 5) is 28.6. The monoisotopic (exact) mass is 386 g/mol. The van der Waals surface area contributed by atoms with Crippen LogP contribution in [0.15, 0.2) is 61.1 Å². The molecule has 29 heavy (non-hydrogen) atoms. The van der Waals surface area contributed by atoms with Crippen LogP contribution in [-0.4, -0.2) is 32.4 Å². The van der Waals surface area contributed by atoms with Gasteiger partial charge in [-0.3, -0.25) is 9.78 Å². The fraction of sp³-hybridized carbons (Fsp3) is 0.182. The number of fused-ring (bicyclic) bond motifs is 1. The quantitative estimate of drug-likeness (QED) is 0.453. The zero-order valence-electron chi connectivity index (χ0n) is 16.1. The summed E-state index contributed by atoms with van der Waals surface area (Å²) in [5.74, 6) is 0.218. The Labute approximate surface area is 168 Å². The molecule has 0 radical (unpaired) electrons. The Kier molecular flexibility index (Phi) is 5.47. The molecule has 0 aliphatic heterocycles. The SMILES string of the molecule is Cc1cc(C(=O)NCc2cccnc2)nc(NCCc2c[nH]c3ccccc23)n1. The summed E-state index contributed by atoms with van der Waals surface area (Å²) in [5.41, 5.74) is 4.37. The Morgan fingerprint density at radius 2 is 2.03 bits per heavy atom. The summed E-state index contributed by atoms with van der Waals surface area (Å²) >= 11 is 0. The standard InChI is InChI=1S/C22H22N6O/c1-15-11-20(21(29)26-13-16-5-4-9-23-12-16)28-22(27-15)24-10-8-17-14-25-19-7-3-2-6-18(17)19/h2-7,9,11-12,14,25H,8,10,13H2,1H3,(H,26,29)(H,24,27,28). The van der Waals surface area contributed by atoms with Crippen LogP contribution >= 0.6 is 0 Å². The average molecular weight is 386 g/mol. The van der Waals surface area contributed by atoms with Crippen LogP contribution in [0.4, 0.5) is 5.95 Å². The van der Waals surface area contributed by atoms with E-state index in [1.54, 1.807) is 18.5 Å². The van der Waals surface area contributed by atoms with E-state index in [0.717, 1.165) is 23.2 Å². The number of aryl methyl sites for hydroxylation is 1. The van der Waals surface area contributed by atoms with Crippen LogP contribution in [0.1, 0.15) is 27.3 Å². The van der Waals surface area contributed by atoms with E-state index < -0.39 is 0 Å². The van der Waals surface area contributed by atoms with Gasteiger partial charge < -0.3 is 15.6 Å². The van der Waals surface area contributed by atoms with Gasteiger partial charge in [-0.1, -0.05) is 24.3 Å². The van der Waals surface area contributed by atoms with Gasteiger partial charge in [0.25, 0.3) is 5.91 Å². The summed E-state index contributed by atoms with van der Waals surface area (Å²) < 4.78 is 0. The molecule has 0 saturated heterocycles. The second-order valence-electron chi connectivity index (χ2n) is 6.80. The van der Waals surface area contributed by atoms with E-state index in [2.05, 4.69) is 42.7 Å². The van der Waals surface area contributed by atoms with Crippen LogP contribution in [-0.2, 0) is 13.0 Å². The van der Waals surface area contributed by atoms with E-state index >= 15 is 0 Å². The van der Waals surface area contributed by atoms with Gasteiger partial charge in [0.05, 0.1) is 0 Å². The van der Waals surface area contributed by atoms with Gasteiger partial charge in [0.15, 0.2) is 0 Å². The number of carbonyl (C=O) groups is 1. The number of nitrogens with zero attached hydrogens (tertiary/aromatic N) is 3. The molecular formula is C22H22N6O. The first-order valence-electron chi connectivity index (χ1n) is 9.51. The predicted octanol–water partition coefficient (Wildman–Crippen LogP) is 3.25. The number of aromatic amines is 1. The number of benzene rings is 1. The number of amides is 1. The topological polar surface area (TPSA) is 95.6 Å². The average Bonchev–Trinajstić information content (AvgIpc) is 3.15. The fourth-order valence-corrected chi connectivity index (χ4v) is 3.19. The van der Waals surface area contributed by atoms with Crippen molar-refractivity contribution in [3.8, 4) is 0 Å². The molecule has 4 rings (SSSR count). The lowest BCUT2D eigenvalue weighted by Crippen LogP contribution is -2.24. The highest BCUT2D eigenvalue weighted by molar-refractivity contribution is 5.92. The minimum atomic E-state index is -0.237. The smallest absolute Gasteiger partial charge is 0.270 e. The van der Waals surface area contributed by atoms with Crippen molar-refractivity contribution >= 4 is 22.8 Å². The normalized spacial score (nSPS) is 10.8. The van der Waals surface area contributed by atoms with Crippen molar-refractivity contribution < 1.29 is 4.79 Å². The third-order valence-electron chi connectivity index (χ3n) is 4.62. The number of hydrogen-bond acceptors (Lipinski definition) is 5. The van der Waals surface area contributed by atoms with Gasteiger partial charge in [-0.25, -0.2) is 9.97 Å². The maximum Gasteiger partial charge on any atom is 0.270 e. The molecule has 1 aromatic carbocycles. The van der Waals surface area contributed by atoms with E-state index in [9.17, 15) is 4.79 Å². The van der Waals surface area contributed by atoms with E-state index in [1.807, 2.05) is 37.4 Å². The van der Waals surface area contributed by atoms with E-state index in [1.165, 1.54) is 10.9 Å². The molecule has 4 aromatic rings. The maximum absolute atomic E-state index is 12.5. The Bertz CT molecular complexity index is 1120. The zero-order valence-corrected chi connectivity index (χ0v) is 16.1. The molecule has 0 aliphatic carbocycles. The predicted molar refractivity (Wildman–Crippen MR) is 113 cm³/mol. The molecule has 0 saturated carbocycles. The van der Waals surface area contributed by atoms with Gasteiger partial charge in [-0.05, 0) is 42.7 Å². The molecular weight excluding hydrogens is 364 g/mol. The van der Waals surface area contributed by atoms with Crippen LogP contribution < -0.4 is 10.6 Å². The number of aromatic nitrogens is 4. The molecule has 3 N–H and O–H groups in total. The lowest BCUT2D eigenvalue weighted by Gasteiger charge is -2.09. The second-order valence-corrected chi connectivity index (χ2v) is 6.80. The Balaban J connectivity index is 1.38. The van der Waals surface area contributed by atoms with Crippen molar-refractivity contribution in [2.24, 2.45) is 0 Å². The highest BCUT2D eigenvalue weighted by Crippen LogP contribution is 2.18. The summed E-state index contributed by atoms with van der Waals surface area (Å²) in [6, 6.07) is 13.7. The molecule has 1 amide bonds. The fourth-order valence-electron chi connectivity index (χ4n) is 3.19. The molecule has 7 nitrogen and oxygen atoms in total. The van der Waals surface area contributed by atoms with Gasteiger partial charge in [-0.2, -0.15) is 0 Å². The molecule has 3 heterocycles. The molecule has 0 atom stereocenters. The number of para-hydroxylation sites is 1. The largest absolute Gasteiger partial charge is 0.361 e. The number of hydrogen-bond donors (Lipinski definition) is 3. The molecule has 3 aromatic heterocycles. The highest BCUT2D eigenvalue weighted by Gasteiger charge is 2.11. The van der Waals surface area contributed by atoms with Crippen molar-refractivity contribution in [1.82, 2.24) is 25.3 Å². The van der Waals surface area contributed by atoms with E-state index in [0.29, 0.717) is 24.7 Å². The van der Waals surface area contributed by atoms with Gasteiger partial charge in [0, 0.05) is 48.3 Å². The number of carbonyl (C=O) groups excluding carboxylic acids is 1. The Morgan fingerprint density at radius 3 is 2.90 bits per heavy atom. The molecule has 0 bridgehead atoms. The summed E-state index contributed by atoms with van der Waals surface area (Å²) in [5, 5.41) is 7.32. The van der Waals surface area contributed by atoms with Gasteiger partial charge in [0.2, 0.25) is 5.95 Å². The Morgan fingerprint density at radius 1 is 1.14 bits per heavy atom. The van der Waals surface area contributed by atoms with Crippen molar-refractivity contribution in [1.29, 1.82) is 0 Å². The van der Waals surface area contributed by atoms with Crippen LogP contribution in [0.3, 0.4) is 0 Å². The summed E-state index contributed by atoms with van der Waals surface area (Å²) in [6.07, 6.45) is 6.28. The molecule has 0 spiro atoms. The molecule has 146 valence electrons. The first-order chi connectivity index (χ1) is 14.2. The highest BCUT2D eigenvalue weighted by atomic mass is 16.1. The first-order valence-corrected chi connectivity index (χ1v) is 9.51. The third-order valence-corrected chi connectivity index (χ3v) is 4.62. The maximum atomic E-state index is 12.5. The number of H-pyrrole nitrogens is 1. The van der Waals surface area contributed by atoms with Crippen molar-refractivity contribution in [2.75, 3.05) is 11.9 Å². The second kappa shape index (κ2) is 8.52. The molecule has 7 heteroatoms. The van der Waals surface area contributed by atoms with Gasteiger partial charge in [-0.15, -0.1) is 0 Å². The number of rotatable bonds is 7. The number of pyridine rings is 1. The third kappa shape index (κ3) is 4.57. The number of nitrogens with one attached hydrogen (secondary N) is 3. The van der Waals surface area contributed by atoms with Gasteiger partial charge >= 0.3 is 0 Å². The molecule has 0 fully saturated rings. The minimum Gasteiger partial charge on any atom is -0.361 e.